The molecule has 1 unspecified atom stereocenters. The largest absolute Gasteiger partial charge is 0.319 e. The van der Waals surface area contributed by atoms with Crippen LogP contribution in [0.3, 0.4) is 0 Å². The van der Waals surface area contributed by atoms with Crippen LogP contribution < -0.4 is 0 Å². The van der Waals surface area contributed by atoms with E-state index in [1.165, 1.54) is 6.07 Å². The van der Waals surface area contributed by atoms with Gasteiger partial charge in [0.2, 0.25) is 0 Å². The number of rotatable bonds is 3. The molecule has 2 aromatic carbocycles. The Morgan fingerprint density at radius 3 is 2.67 bits per heavy atom. The van der Waals surface area contributed by atoms with Crippen molar-refractivity contribution in [1.29, 1.82) is 0 Å². The molecule has 0 aliphatic rings. The summed E-state index contributed by atoms with van der Waals surface area (Å²) >= 11 is 12.3. The third kappa shape index (κ3) is 2.41. The number of imidazole rings is 1. The fraction of sp³-hybridized carbons (Fsp3) is 0.188. The van der Waals surface area contributed by atoms with E-state index in [9.17, 15) is 4.39 Å². The van der Waals surface area contributed by atoms with E-state index >= 15 is 0 Å². The Balaban J connectivity index is 2.24. The maximum atomic E-state index is 13.9. The van der Waals surface area contributed by atoms with Gasteiger partial charge in [-0.05, 0) is 30.7 Å². The molecule has 0 amide bonds. The summed E-state index contributed by atoms with van der Waals surface area (Å²) < 4.78 is 15.9. The van der Waals surface area contributed by atoms with Crippen LogP contribution in [0.15, 0.2) is 42.5 Å². The van der Waals surface area contributed by atoms with Crippen LogP contribution in [0, 0.1) is 5.82 Å². The molecule has 0 N–H and O–H groups in total. The van der Waals surface area contributed by atoms with Crippen LogP contribution in [-0.2, 0) is 5.88 Å². The van der Waals surface area contributed by atoms with E-state index in [1.807, 2.05) is 41.8 Å². The van der Waals surface area contributed by atoms with Crippen LogP contribution in [0.25, 0.3) is 11.0 Å². The molecule has 3 aromatic rings. The molecule has 21 heavy (non-hydrogen) atoms. The number of benzene rings is 2. The Labute approximate surface area is 132 Å². The minimum absolute atomic E-state index is 0.0840. The van der Waals surface area contributed by atoms with Gasteiger partial charge in [-0.25, -0.2) is 9.37 Å². The maximum absolute atomic E-state index is 13.9. The molecule has 0 fully saturated rings. The zero-order chi connectivity index (χ0) is 15.0. The van der Waals surface area contributed by atoms with Gasteiger partial charge in [-0.2, -0.15) is 0 Å². The van der Waals surface area contributed by atoms with Crippen molar-refractivity contribution < 1.29 is 4.39 Å². The molecule has 5 heteroatoms. The van der Waals surface area contributed by atoms with Gasteiger partial charge in [0.25, 0.3) is 0 Å². The third-order valence-electron chi connectivity index (χ3n) is 3.61. The summed E-state index contributed by atoms with van der Waals surface area (Å²) in [6, 6.07) is 12.4. The van der Waals surface area contributed by atoms with Crippen molar-refractivity contribution in [2.24, 2.45) is 0 Å². The first kappa shape index (κ1) is 14.4. The first-order chi connectivity index (χ1) is 10.1. The van der Waals surface area contributed by atoms with E-state index in [0.29, 0.717) is 16.4 Å². The standard InChI is InChI=1S/C16H13Cl2FN2/c1-10(11-5-2-3-6-12(11)18)21-14-8-4-7-13(19)16(14)20-15(21)9-17/h2-8,10H,9H2,1H3. The number of halogens is 3. The highest BCUT2D eigenvalue weighted by molar-refractivity contribution is 6.31. The van der Waals surface area contributed by atoms with Crippen molar-refractivity contribution in [2.75, 3.05) is 0 Å². The molecule has 0 spiro atoms. The van der Waals surface area contributed by atoms with E-state index in [-0.39, 0.29) is 17.7 Å². The van der Waals surface area contributed by atoms with Crippen molar-refractivity contribution >= 4 is 34.2 Å². The Morgan fingerprint density at radius 2 is 1.95 bits per heavy atom. The summed E-state index contributed by atoms with van der Waals surface area (Å²) in [7, 11) is 0. The molecule has 0 saturated carbocycles. The molecule has 3 rings (SSSR count). The second-order valence-electron chi connectivity index (χ2n) is 4.84. The molecule has 0 bridgehead atoms. The molecule has 0 aliphatic heterocycles. The summed E-state index contributed by atoms with van der Waals surface area (Å²) in [5, 5.41) is 0.670. The minimum Gasteiger partial charge on any atom is -0.319 e. The van der Waals surface area contributed by atoms with Gasteiger partial charge in [0.15, 0.2) is 5.82 Å². The van der Waals surface area contributed by atoms with Crippen LogP contribution in [0.4, 0.5) is 4.39 Å². The van der Waals surface area contributed by atoms with E-state index < -0.39 is 0 Å². The lowest BCUT2D eigenvalue weighted by Gasteiger charge is -2.18. The first-order valence-corrected chi connectivity index (χ1v) is 7.50. The van der Waals surface area contributed by atoms with Crippen molar-refractivity contribution in [1.82, 2.24) is 9.55 Å². The normalized spacial score (nSPS) is 12.8. The first-order valence-electron chi connectivity index (χ1n) is 6.59. The summed E-state index contributed by atoms with van der Waals surface area (Å²) in [5.74, 6) is 0.497. The Morgan fingerprint density at radius 1 is 1.19 bits per heavy atom. The zero-order valence-corrected chi connectivity index (χ0v) is 12.9. The molecule has 0 aliphatic carbocycles. The van der Waals surface area contributed by atoms with Crippen LogP contribution in [-0.4, -0.2) is 9.55 Å². The van der Waals surface area contributed by atoms with Gasteiger partial charge in [-0.3, -0.25) is 0 Å². The molecule has 1 aromatic heterocycles. The smallest absolute Gasteiger partial charge is 0.151 e. The van der Waals surface area contributed by atoms with Gasteiger partial charge in [0.1, 0.15) is 11.3 Å². The third-order valence-corrected chi connectivity index (χ3v) is 4.19. The number of fused-ring (bicyclic) bond motifs is 1. The van der Waals surface area contributed by atoms with Gasteiger partial charge < -0.3 is 4.57 Å². The second kappa shape index (κ2) is 5.66. The predicted molar refractivity (Wildman–Crippen MR) is 84.5 cm³/mol. The molecular formula is C16H13Cl2FN2. The lowest BCUT2D eigenvalue weighted by atomic mass is 10.1. The van der Waals surface area contributed by atoms with Crippen LogP contribution >= 0.6 is 23.2 Å². The molecule has 1 heterocycles. The molecular weight excluding hydrogens is 310 g/mol. The van der Waals surface area contributed by atoms with Crippen molar-refractivity contribution in [2.45, 2.75) is 18.8 Å². The second-order valence-corrected chi connectivity index (χ2v) is 5.51. The molecule has 0 radical (unpaired) electrons. The average Bonchev–Trinajstić information content (AvgIpc) is 2.87. The number of hydrogen-bond donors (Lipinski definition) is 0. The van der Waals surface area contributed by atoms with Gasteiger partial charge in [-0.1, -0.05) is 35.9 Å². The summed E-state index contributed by atoms with van der Waals surface area (Å²) in [5.41, 5.74) is 2.01. The van der Waals surface area contributed by atoms with Crippen molar-refractivity contribution in [3.8, 4) is 0 Å². The number of alkyl halides is 1. The average molecular weight is 323 g/mol. The number of hydrogen-bond acceptors (Lipinski definition) is 1. The van der Waals surface area contributed by atoms with Crippen molar-refractivity contribution in [3.05, 3.63) is 64.7 Å². The fourth-order valence-corrected chi connectivity index (χ4v) is 3.09. The monoisotopic (exact) mass is 322 g/mol. The van der Waals surface area contributed by atoms with E-state index in [2.05, 4.69) is 4.98 Å². The number of aromatic nitrogens is 2. The molecule has 2 nitrogen and oxygen atoms in total. The minimum atomic E-state index is -0.344. The van der Waals surface area contributed by atoms with Gasteiger partial charge in [0, 0.05) is 5.02 Å². The SMILES string of the molecule is CC(c1ccccc1Cl)n1c(CCl)nc2c(F)cccc21. The molecule has 0 saturated heterocycles. The lowest BCUT2D eigenvalue weighted by Crippen LogP contribution is -2.10. The van der Waals surface area contributed by atoms with Crippen LogP contribution in [0.1, 0.15) is 24.4 Å². The summed E-state index contributed by atoms with van der Waals surface area (Å²) in [4.78, 5) is 4.32. The quantitative estimate of drug-likeness (QED) is 0.608. The number of nitrogens with zero attached hydrogens (tertiary/aromatic N) is 2. The maximum Gasteiger partial charge on any atom is 0.151 e. The van der Waals surface area contributed by atoms with Crippen LogP contribution in [0.5, 0.6) is 0 Å². The van der Waals surface area contributed by atoms with Crippen molar-refractivity contribution in [3.63, 3.8) is 0 Å². The Bertz CT molecular complexity index is 798. The highest BCUT2D eigenvalue weighted by Crippen LogP contribution is 2.31. The predicted octanol–water partition coefficient (Wildman–Crippen LogP) is 5.18. The molecule has 108 valence electrons. The highest BCUT2D eigenvalue weighted by Gasteiger charge is 2.19. The zero-order valence-electron chi connectivity index (χ0n) is 11.4. The van der Waals surface area contributed by atoms with Gasteiger partial charge in [-0.15, -0.1) is 11.6 Å². The highest BCUT2D eigenvalue weighted by atomic mass is 35.5. The lowest BCUT2D eigenvalue weighted by molar-refractivity contribution is 0.633. The van der Waals surface area contributed by atoms with Gasteiger partial charge >= 0.3 is 0 Å². The Hall–Kier alpha value is -1.58. The van der Waals surface area contributed by atoms with E-state index in [1.54, 1.807) is 6.07 Å². The van der Waals surface area contributed by atoms with E-state index in [4.69, 9.17) is 23.2 Å². The topological polar surface area (TPSA) is 17.8 Å². The summed E-state index contributed by atoms with van der Waals surface area (Å²) in [6.45, 7) is 2.00. The fourth-order valence-electron chi connectivity index (χ4n) is 2.61. The number of para-hydroxylation sites is 1. The van der Waals surface area contributed by atoms with Crippen LogP contribution in [0.2, 0.25) is 5.02 Å². The van der Waals surface area contributed by atoms with Gasteiger partial charge in [0.05, 0.1) is 17.4 Å². The molecule has 1 atom stereocenters. The van der Waals surface area contributed by atoms with E-state index in [0.717, 1.165) is 11.1 Å². The summed E-state index contributed by atoms with van der Waals surface area (Å²) in [6.07, 6.45) is 0. The Kier molecular flexibility index (Phi) is 3.87.